The van der Waals surface area contributed by atoms with E-state index in [1.54, 1.807) is 11.3 Å². The molecule has 1 rings (SSSR count). The van der Waals surface area contributed by atoms with E-state index in [1.165, 1.54) is 0 Å². The molecule has 0 aliphatic rings. The minimum Gasteiger partial charge on any atom is -0.392 e. The Morgan fingerprint density at radius 1 is 1.60 bits per heavy atom. The lowest BCUT2D eigenvalue weighted by molar-refractivity contribution is 0.113. The molecule has 1 heterocycles. The Hall–Kier alpha value is -0.450. The smallest absolute Gasteiger partial charge is 0.107 e. The summed E-state index contributed by atoms with van der Waals surface area (Å²) < 4.78 is 0. The van der Waals surface area contributed by atoms with E-state index in [4.69, 9.17) is 0 Å². The van der Waals surface area contributed by atoms with E-state index in [9.17, 15) is 5.11 Å². The molecule has 86 valence electrons. The van der Waals surface area contributed by atoms with Crippen molar-refractivity contribution in [3.05, 3.63) is 16.1 Å². The van der Waals surface area contributed by atoms with Gasteiger partial charge < -0.3 is 10.4 Å². The van der Waals surface area contributed by atoms with Gasteiger partial charge in [0.1, 0.15) is 5.01 Å². The lowest BCUT2D eigenvalue weighted by Crippen LogP contribution is -2.31. The van der Waals surface area contributed by atoms with E-state index in [-0.39, 0.29) is 6.10 Å². The topological polar surface area (TPSA) is 45.1 Å². The van der Waals surface area contributed by atoms with E-state index in [0.29, 0.717) is 12.5 Å². The standard InChI is InChI=1S/C11H20N2OS/c1-4-8(2)10(14)5-12-6-11-13-9(3)7-15-11/h7-8,10,12,14H,4-6H2,1-3H3. The second-order valence-electron chi connectivity index (χ2n) is 3.97. The Balaban J connectivity index is 2.21. The Labute approximate surface area is 95.6 Å². The first-order valence-electron chi connectivity index (χ1n) is 5.43. The maximum Gasteiger partial charge on any atom is 0.107 e. The van der Waals surface area contributed by atoms with E-state index < -0.39 is 0 Å². The van der Waals surface area contributed by atoms with Crippen molar-refractivity contribution in [1.82, 2.24) is 10.3 Å². The van der Waals surface area contributed by atoms with Crippen LogP contribution < -0.4 is 5.32 Å². The molecule has 0 radical (unpaired) electrons. The Morgan fingerprint density at radius 2 is 2.33 bits per heavy atom. The van der Waals surface area contributed by atoms with Crippen LogP contribution in [0.4, 0.5) is 0 Å². The summed E-state index contributed by atoms with van der Waals surface area (Å²) in [7, 11) is 0. The van der Waals surface area contributed by atoms with Crippen molar-refractivity contribution in [2.24, 2.45) is 5.92 Å². The Morgan fingerprint density at radius 3 is 2.87 bits per heavy atom. The molecule has 4 heteroatoms. The van der Waals surface area contributed by atoms with Crippen molar-refractivity contribution in [3.8, 4) is 0 Å². The average molecular weight is 228 g/mol. The van der Waals surface area contributed by atoms with Crippen LogP contribution in [0.25, 0.3) is 0 Å². The highest BCUT2D eigenvalue weighted by atomic mass is 32.1. The molecule has 1 aromatic heterocycles. The van der Waals surface area contributed by atoms with Crippen molar-refractivity contribution in [2.45, 2.75) is 39.8 Å². The van der Waals surface area contributed by atoms with Crippen molar-refractivity contribution >= 4 is 11.3 Å². The number of thiazole rings is 1. The second kappa shape index (κ2) is 6.20. The van der Waals surface area contributed by atoms with Crippen LogP contribution in [0.3, 0.4) is 0 Å². The molecule has 3 nitrogen and oxygen atoms in total. The quantitative estimate of drug-likeness (QED) is 0.782. The van der Waals surface area contributed by atoms with Gasteiger partial charge >= 0.3 is 0 Å². The summed E-state index contributed by atoms with van der Waals surface area (Å²) in [5, 5.41) is 16.1. The van der Waals surface area contributed by atoms with E-state index >= 15 is 0 Å². The fourth-order valence-electron chi connectivity index (χ4n) is 1.28. The molecule has 2 N–H and O–H groups in total. The van der Waals surface area contributed by atoms with Crippen LogP contribution in [0, 0.1) is 12.8 Å². The first-order valence-corrected chi connectivity index (χ1v) is 6.31. The molecule has 15 heavy (non-hydrogen) atoms. The second-order valence-corrected chi connectivity index (χ2v) is 4.91. The Kier molecular flexibility index (Phi) is 5.22. The van der Waals surface area contributed by atoms with Crippen LogP contribution >= 0.6 is 11.3 Å². The molecule has 0 bridgehead atoms. The molecular formula is C11H20N2OS. The fourth-order valence-corrected chi connectivity index (χ4v) is 2.03. The largest absolute Gasteiger partial charge is 0.392 e. The third-order valence-electron chi connectivity index (χ3n) is 2.60. The Bertz CT molecular complexity index is 288. The zero-order valence-corrected chi connectivity index (χ0v) is 10.5. The van der Waals surface area contributed by atoms with Gasteiger partial charge in [0, 0.05) is 24.2 Å². The van der Waals surface area contributed by atoms with Crippen molar-refractivity contribution in [3.63, 3.8) is 0 Å². The molecule has 0 saturated heterocycles. The molecule has 2 unspecified atom stereocenters. The van der Waals surface area contributed by atoms with Crippen LogP contribution in [0.2, 0.25) is 0 Å². The molecule has 0 amide bonds. The van der Waals surface area contributed by atoms with Crippen molar-refractivity contribution in [1.29, 1.82) is 0 Å². The number of aromatic nitrogens is 1. The summed E-state index contributed by atoms with van der Waals surface area (Å²) in [6.07, 6.45) is 0.759. The van der Waals surface area contributed by atoms with Crippen LogP contribution in [0.1, 0.15) is 31.0 Å². The molecule has 0 saturated carbocycles. The molecule has 0 spiro atoms. The fraction of sp³-hybridized carbons (Fsp3) is 0.727. The number of nitrogens with zero attached hydrogens (tertiary/aromatic N) is 1. The van der Waals surface area contributed by atoms with Crippen LogP contribution in [-0.2, 0) is 6.54 Å². The highest BCUT2D eigenvalue weighted by Crippen LogP contribution is 2.09. The van der Waals surface area contributed by atoms with Gasteiger partial charge in [0.05, 0.1) is 6.10 Å². The summed E-state index contributed by atoms with van der Waals surface area (Å²) in [5.74, 6) is 0.357. The lowest BCUT2D eigenvalue weighted by Gasteiger charge is -2.17. The average Bonchev–Trinajstić information content (AvgIpc) is 2.63. The van der Waals surface area contributed by atoms with Gasteiger partial charge in [0.25, 0.3) is 0 Å². The van der Waals surface area contributed by atoms with Crippen LogP contribution in [0.15, 0.2) is 5.38 Å². The normalized spacial score (nSPS) is 15.2. The number of aryl methyl sites for hydroxylation is 1. The predicted octanol–water partition coefficient (Wildman–Crippen LogP) is 1.95. The zero-order valence-electron chi connectivity index (χ0n) is 9.66. The number of rotatable bonds is 6. The van der Waals surface area contributed by atoms with Crippen molar-refractivity contribution < 1.29 is 5.11 Å². The molecule has 0 fully saturated rings. The first kappa shape index (κ1) is 12.6. The summed E-state index contributed by atoms with van der Waals surface area (Å²) in [4.78, 5) is 4.35. The third-order valence-corrected chi connectivity index (χ3v) is 3.56. The van der Waals surface area contributed by atoms with Crippen LogP contribution in [-0.4, -0.2) is 22.7 Å². The van der Waals surface area contributed by atoms with Crippen molar-refractivity contribution in [2.75, 3.05) is 6.54 Å². The van der Waals surface area contributed by atoms with E-state index in [0.717, 1.165) is 23.7 Å². The summed E-state index contributed by atoms with van der Waals surface area (Å²) >= 11 is 1.66. The van der Waals surface area contributed by atoms with Gasteiger partial charge in [-0.25, -0.2) is 4.98 Å². The molecule has 0 aliphatic heterocycles. The van der Waals surface area contributed by atoms with Gasteiger partial charge in [-0.3, -0.25) is 0 Å². The maximum absolute atomic E-state index is 9.72. The van der Waals surface area contributed by atoms with E-state index in [2.05, 4.69) is 24.1 Å². The maximum atomic E-state index is 9.72. The predicted molar refractivity (Wildman–Crippen MR) is 64.0 cm³/mol. The molecule has 0 aliphatic carbocycles. The minimum atomic E-state index is -0.254. The first-order chi connectivity index (χ1) is 7.13. The zero-order chi connectivity index (χ0) is 11.3. The third kappa shape index (κ3) is 4.28. The summed E-state index contributed by atoms with van der Waals surface area (Å²) in [6.45, 7) is 7.56. The summed E-state index contributed by atoms with van der Waals surface area (Å²) in [6, 6.07) is 0. The van der Waals surface area contributed by atoms with Gasteiger partial charge in [-0.15, -0.1) is 11.3 Å². The van der Waals surface area contributed by atoms with Crippen LogP contribution in [0.5, 0.6) is 0 Å². The number of hydrogen-bond donors (Lipinski definition) is 2. The van der Waals surface area contributed by atoms with Gasteiger partial charge in [0.2, 0.25) is 0 Å². The lowest BCUT2D eigenvalue weighted by atomic mass is 10.0. The van der Waals surface area contributed by atoms with Gasteiger partial charge in [-0.05, 0) is 12.8 Å². The molecular weight excluding hydrogens is 208 g/mol. The monoisotopic (exact) mass is 228 g/mol. The minimum absolute atomic E-state index is 0.254. The number of nitrogens with one attached hydrogen (secondary N) is 1. The SMILES string of the molecule is CCC(C)C(O)CNCc1nc(C)cs1. The van der Waals surface area contributed by atoms with Gasteiger partial charge in [-0.2, -0.15) is 0 Å². The van der Waals surface area contributed by atoms with E-state index in [1.807, 2.05) is 12.3 Å². The molecule has 2 atom stereocenters. The molecule has 1 aromatic rings. The van der Waals surface area contributed by atoms with Gasteiger partial charge in [-0.1, -0.05) is 20.3 Å². The highest BCUT2D eigenvalue weighted by Gasteiger charge is 2.11. The number of hydrogen-bond acceptors (Lipinski definition) is 4. The highest BCUT2D eigenvalue weighted by molar-refractivity contribution is 7.09. The number of aliphatic hydroxyl groups is 1. The molecule has 0 aromatic carbocycles. The summed E-state index contributed by atoms with van der Waals surface area (Å²) in [5.41, 5.74) is 1.07. The number of aliphatic hydroxyl groups excluding tert-OH is 1. The van der Waals surface area contributed by atoms with Gasteiger partial charge in [0.15, 0.2) is 0 Å².